The molecule has 5 heteroatoms. The maximum Gasteiger partial charge on any atom is 0.0481 e. The van der Waals surface area contributed by atoms with Gasteiger partial charge in [0, 0.05) is 29.9 Å². The van der Waals surface area contributed by atoms with Crippen molar-refractivity contribution in [3.05, 3.63) is 28.2 Å². The van der Waals surface area contributed by atoms with E-state index in [9.17, 15) is 0 Å². The molecule has 0 fully saturated rings. The lowest BCUT2D eigenvalue weighted by Gasteiger charge is -2.18. The predicted octanol–water partition coefficient (Wildman–Crippen LogP) is 1.96. The molecule has 0 aliphatic carbocycles. The van der Waals surface area contributed by atoms with Crippen molar-refractivity contribution in [3.8, 4) is 0 Å². The number of benzene rings is 1. The number of nitrogens with one attached hydrogen (secondary N) is 1. The zero-order valence-corrected chi connectivity index (χ0v) is 11.0. The average molecular weight is 288 g/mol. The Morgan fingerprint density at radius 3 is 2.88 bits per heavy atom. The van der Waals surface area contributed by atoms with Gasteiger partial charge < -0.3 is 10.5 Å². The lowest BCUT2D eigenvalue weighted by molar-refractivity contribution is 0.189. The summed E-state index contributed by atoms with van der Waals surface area (Å²) in [5.74, 6) is 5.54. The Kier molecular flexibility index (Phi) is 5.76. The number of hydrogen-bond donors (Lipinski definition) is 3. The highest BCUT2D eigenvalue weighted by molar-refractivity contribution is 9.10. The Hall–Kier alpha value is -0.620. The Balaban J connectivity index is 2.73. The number of methoxy groups -OCH3 is 1. The molecule has 0 saturated heterocycles. The SMILES string of the molecule is COCCCC(NN)c1cc(Br)ccc1N. The van der Waals surface area contributed by atoms with Gasteiger partial charge in [-0.2, -0.15) is 0 Å². The van der Waals surface area contributed by atoms with Crippen molar-refractivity contribution >= 4 is 21.6 Å². The van der Waals surface area contributed by atoms with E-state index in [1.54, 1.807) is 7.11 Å². The molecule has 4 nitrogen and oxygen atoms in total. The van der Waals surface area contributed by atoms with Crippen LogP contribution >= 0.6 is 15.9 Å². The van der Waals surface area contributed by atoms with Gasteiger partial charge in [0.2, 0.25) is 0 Å². The van der Waals surface area contributed by atoms with Crippen LogP contribution in [-0.4, -0.2) is 13.7 Å². The average Bonchev–Trinajstić information content (AvgIpc) is 2.28. The fourth-order valence-electron chi connectivity index (χ4n) is 1.61. The van der Waals surface area contributed by atoms with E-state index in [1.165, 1.54) is 0 Å². The maximum absolute atomic E-state index is 5.92. The summed E-state index contributed by atoms with van der Waals surface area (Å²) in [6.45, 7) is 0.728. The number of nitrogen functional groups attached to an aromatic ring is 1. The minimum atomic E-state index is 0.0626. The van der Waals surface area contributed by atoms with E-state index in [0.717, 1.165) is 35.2 Å². The number of hydrogen-bond acceptors (Lipinski definition) is 4. The third-order valence-corrected chi connectivity index (χ3v) is 2.96. The molecular weight excluding hydrogens is 270 g/mol. The molecular formula is C11H18BrN3O. The van der Waals surface area contributed by atoms with Crippen LogP contribution in [0.15, 0.2) is 22.7 Å². The number of hydrazine groups is 1. The second-order valence-corrected chi connectivity index (χ2v) is 4.54. The van der Waals surface area contributed by atoms with Crippen molar-refractivity contribution in [1.82, 2.24) is 5.43 Å². The van der Waals surface area contributed by atoms with E-state index in [1.807, 2.05) is 18.2 Å². The smallest absolute Gasteiger partial charge is 0.0481 e. The Labute approximate surface area is 104 Å². The van der Waals surface area contributed by atoms with Crippen LogP contribution in [0.5, 0.6) is 0 Å². The van der Waals surface area contributed by atoms with Gasteiger partial charge in [-0.15, -0.1) is 0 Å². The largest absolute Gasteiger partial charge is 0.398 e. The molecule has 0 radical (unpaired) electrons. The fraction of sp³-hybridized carbons (Fsp3) is 0.455. The molecule has 90 valence electrons. The summed E-state index contributed by atoms with van der Waals surface area (Å²) in [4.78, 5) is 0. The van der Waals surface area contributed by atoms with E-state index in [-0.39, 0.29) is 6.04 Å². The Morgan fingerprint density at radius 1 is 1.50 bits per heavy atom. The van der Waals surface area contributed by atoms with Crippen LogP contribution in [0, 0.1) is 0 Å². The molecule has 1 unspecified atom stereocenters. The molecule has 0 spiro atoms. The van der Waals surface area contributed by atoms with Gasteiger partial charge in [0.1, 0.15) is 0 Å². The number of ether oxygens (including phenoxy) is 1. The second kappa shape index (κ2) is 6.85. The molecule has 1 aromatic carbocycles. The standard InChI is InChI=1S/C11H18BrN3O/c1-16-6-2-3-11(15-14)9-7-8(12)4-5-10(9)13/h4-5,7,11,15H,2-3,6,13-14H2,1H3. The van der Waals surface area contributed by atoms with Crippen molar-refractivity contribution in [2.24, 2.45) is 5.84 Å². The molecule has 0 aliphatic heterocycles. The van der Waals surface area contributed by atoms with Gasteiger partial charge in [0.05, 0.1) is 0 Å². The van der Waals surface area contributed by atoms with Crippen LogP contribution in [0.25, 0.3) is 0 Å². The first-order valence-electron chi connectivity index (χ1n) is 5.19. The molecule has 0 saturated carbocycles. The van der Waals surface area contributed by atoms with Crippen molar-refractivity contribution in [1.29, 1.82) is 0 Å². The van der Waals surface area contributed by atoms with Gasteiger partial charge in [-0.05, 0) is 36.6 Å². The van der Waals surface area contributed by atoms with E-state index < -0.39 is 0 Å². The number of rotatable bonds is 6. The minimum absolute atomic E-state index is 0.0626. The van der Waals surface area contributed by atoms with Gasteiger partial charge in [-0.1, -0.05) is 15.9 Å². The van der Waals surface area contributed by atoms with Gasteiger partial charge in [-0.25, -0.2) is 0 Å². The zero-order valence-electron chi connectivity index (χ0n) is 9.37. The molecule has 0 amide bonds. The number of nitrogens with two attached hydrogens (primary N) is 2. The van der Waals surface area contributed by atoms with Crippen LogP contribution in [0.1, 0.15) is 24.4 Å². The molecule has 5 N–H and O–H groups in total. The van der Waals surface area contributed by atoms with Crippen molar-refractivity contribution < 1.29 is 4.74 Å². The lowest BCUT2D eigenvalue weighted by Crippen LogP contribution is -2.28. The van der Waals surface area contributed by atoms with Crippen LogP contribution in [0.3, 0.4) is 0 Å². The van der Waals surface area contributed by atoms with E-state index in [2.05, 4.69) is 21.4 Å². The highest BCUT2D eigenvalue weighted by atomic mass is 79.9. The van der Waals surface area contributed by atoms with Crippen LogP contribution in [0.4, 0.5) is 5.69 Å². The summed E-state index contributed by atoms with van der Waals surface area (Å²) >= 11 is 3.43. The highest BCUT2D eigenvalue weighted by Gasteiger charge is 2.12. The summed E-state index contributed by atoms with van der Waals surface area (Å²) in [5.41, 5.74) is 10.5. The first-order valence-corrected chi connectivity index (χ1v) is 5.98. The fourth-order valence-corrected chi connectivity index (χ4v) is 1.99. The topological polar surface area (TPSA) is 73.3 Å². The molecule has 16 heavy (non-hydrogen) atoms. The summed E-state index contributed by atoms with van der Waals surface area (Å²) in [6.07, 6.45) is 1.84. The van der Waals surface area contributed by atoms with Crippen molar-refractivity contribution in [2.75, 3.05) is 19.5 Å². The highest BCUT2D eigenvalue weighted by Crippen LogP contribution is 2.26. The van der Waals surface area contributed by atoms with Gasteiger partial charge in [0.15, 0.2) is 0 Å². The summed E-state index contributed by atoms with van der Waals surface area (Å²) < 4.78 is 6.02. The maximum atomic E-state index is 5.92. The van der Waals surface area contributed by atoms with E-state index in [4.69, 9.17) is 16.3 Å². The Morgan fingerprint density at radius 2 is 2.25 bits per heavy atom. The molecule has 0 heterocycles. The molecule has 1 atom stereocenters. The summed E-state index contributed by atoms with van der Waals surface area (Å²) in [7, 11) is 1.69. The monoisotopic (exact) mass is 287 g/mol. The summed E-state index contributed by atoms with van der Waals surface area (Å²) in [5, 5.41) is 0. The van der Waals surface area contributed by atoms with Crippen molar-refractivity contribution in [2.45, 2.75) is 18.9 Å². The van der Waals surface area contributed by atoms with Crippen LogP contribution < -0.4 is 17.0 Å². The van der Waals surface area contributed by atoms with Crippen LogP contribution in [0.2, 0.25) is 0 Å². The Bertz CT molecular complexity index is 333. The van der Waals surface area contributed by atoms with Gasteiger partial charge in [-0.3, -0.25) is 11.3 Å². The zero-order chi connectivity index (χ0) is 12.0. The third-order valence-electron chi connectivity index (χ3n) is 2.47. The third kappa shape index (κ3) is 3.75. The van der Waals surface area contributed by atoms with Gasteiger partial charge in [0.25, 0.3) is 0 Å². The first-order chi connectivity index (χ1) is 7.69. The second-order valence-electron chi connectivity index (χ2n) is 3.63. The van der Waals surface area contributed by atoms with E-state index in [0.29, 0.717) is 0 Å². The lowest BCUT2D eigenvalue weighted by atomic mass is 10.0. The predicted molar refractivity (Wildman–Crippen MR) is 69.7 cm³/mol. The molecule has 0 aliphatic rings. The molecule has 1 rings (SSSR count). The normalized spacial score (nSPS) is 12.7. The molecule has 0 aromatic heterocycles. The minimum Gasteiger partial charge on any atom is -0.398 e. The molecule has 0 bridgehead atoms. The molecule has 1 aromatic rings. The van der Waals surface area contributed by atoms with E-state index >= 15 is 0 Å². The first kappa shape index (κ1) is 13.4. The van der Waals surface area contributed by atoms with Crippen LogP contribution in [-0.2, 0) is 4.74 Å². The summed E-state index contributed by atoms with van der Waals surface area (Å²) in [6, 6.07) is 5.85. The number of halogens is 1. The quantitative estimate of drug-likeness (QED) is 0.324. The van der Waals surface area contributed by atoms with Gasteiger partial charge >= 0.3 is 0 Å². The number of anilines is 1. The van der Waals surface area contributed by atoms with Crippen molar-refractivity contribution in [3.63, 3.8) is 0 Å².